The number of benzene rings is 2. The van der Waals surface area contributed by atoms with Crippen LogP contribution in [0.25, 0.3) is 0 Å². The molecule has 1 unspecified atom stereocenters. The first-order chi connectivity index (χ1) is 13.7. The molecule has 6 nitrogen and oxygen atoms in total. The molecule has 0 saturated carbocycles. The Balaban J connectivity index is 1.65. The summed E-state index contributed by atoms with van der Waals surface area (Å²) in [5.74, 6) is 1.55. The van der Waals surface area contributed by atoms with Gasteiger partial charge in [0.05, 0.1) is 20.3 Å². The second kappa shape index (κ2) is 9.99. The minimum Gasteiger partial charge on any atom is -0.497 e. The van der Waals surface area contributed by atoms with E-state index in [2.05, 4.69) is 27.7 Å². The van der Waals surface area contributed by atoms with Gasteiger partial charge in [0, 0.05) is 18.3 Å². The molecule has 150 valence electrons. The number of amides is 2. The molecule has 0 radical (unpaired) electrons. The normalized spacial score (nSPS) is 15.5. The molecule has 2 amide bonds. The van der Waals surface area contributed by atoms with Crippen LogP contribution in [0.15, 0.2) is 48.5 Å². The number of piperidine rings is 1. The van der Waals surface area contributed by atoms with Gasteiger partial charge in [-0.25, -0.2) is 4.79 Å². The number of carbonyl (C=O) groups excluding carboxylic acids is 1. The molecule has 6 heteroatoms. The predicted octanol–water partition coefficient (Wildman–Crippen LogP) is 4.05. The average Bonchev–Trinajstić information content (AvgIpc) is 2.75. The van der Waals surface area contributed by atoms with E-state index in [-0.39, 0.29) is 12.1 Å². The quantitative estimate of drug-likeness (QED) is 0.757. The van der Waals surface area contributed by atoms with E-state index in [4.69, 9.17) is 9.47 Å². The molecule has 3 rings (SSSR count). The topological polar surface area (TPSA) is 62.8 Å². The van der Waals surface area contributed by atoms with Crippen molar-refractivity contribution in [1.82, 2.24) is 10.2 Å². The third-order valence-corrected chi connectivity index (χ3v) is 5.12. The van der Waals surface area contributed by atoms with Crippen LogP contribution in [0.2, 0.25) is 0 Å². The van der Waals surface area contributed by atoms with Crippen LogP contribution in [-0.2, 0) is 0 Å². The Morgan fingerprint density at radius 2 is 1.71 bits per heavy atom. The van der Waals surface area contributed by atoms with Crippen LogP contribution in [0, 0.1) is 0 Å². The molecule has 2 N–H and O–H groups in total. The van der Waals surface area contributed by atoms with Crippen molar-refractivity contribution in [2.24, 2.45) is 0 Å². The van der Waals surface area contributed by atoms with E-state index in [1.54, 1.807) is 20.3 Å². The van der Waals surface area contributed by atoms with Gasteiger partial charge in [-0.15, -0.1) is 0 Å². The maximum Gasteiger partial charge on any atom is 0.319 e. The molecule has 1 heterocycles. The molecular formula is C22H29N3O3. The largest absolute Gasteiger partial charge is 0.497 e. The number of carbonyl (C=O) groups is 1. The highest BCUT2D eigenvalue weighted by Gasteiger charge is 2.23. The molecule has 0 bridgehead atoms. The Bertz CT molecular complexity index is 758. The molecule has 0 aromatic heterocycles. The number of likely N-dealkylation sites (tertiary alicyclic amines) is 1. The van der Waals surface area contributed by atoms with E-state index < -0.39 is 0 Å². The molecule has 2 aromatic rings. The third-order valence-electron chi connectivity index (χ3n) is 5.12. The van der Waals surface area contributed by atoms with Gasteiger partial charge in [-0.3, -0.25) is 4.90 Å². The lowest BCUT2D eigenvalue weighted by Crippen LogP contribution is -2.41. The Kier molecular flexibility index (Phi) is 7.14. The number of methoxy groups -OCH3 is 2. The Morgan fingerprint density at radius 3 is 2.39 bits per heavy atom. The van der Waals surface area contributed by atoms with Gasteiger partial charge in [0.2, 0.25) is 0 Å². The average molecular weight is 383 g/mol. The van der Waals surface area contributed by atoms with E-state index in [1.807, 2.05) is 30.3 Å². The predicted molar refractivity (Wildman–Crippen MR) is 111 cm³/mol. The number of anilines is 1. The fourth-order valence-corrected chi connectivity index (χ4v) is 3.58. The van der Waals surface area contributed by atoms with Gasteiger partial charge in [-0.2, -0.15) is 0 Å². The molecule has 0 spiro atoms. The minimum absolute atomic E-state index is 0.141. The highest BCUT2D eigenvalue weighted by molar-refractivity contribution is 5.89. The fraction of sp³-hybridized carbons (Fsp3) is 0.409. The van der Waals surface area contributed by atoms with Crippen LogP contribution in [0.4, 0.5) is 10.5 Å². The monoisotopic (exact) mass is 383 g/mol. The van der Waals surface area contributed by atoms with Crippen molar-refractivity contribution in [3.8, 4) is 11.5 Å². The summed E-state index contributed by atoms with van der Waals surface area (Å²) < 4.78 is 10.5. The smallest absolute Gasteiger partial charge is 0.319 e. The summed E-state index contributed by atoms with van der Waals surface area (Å²) in [6, 6.07) is 15.4. The molecule has 1 aliphatic heterocycles. The summed E-state index contributed by atoms with van der Waals surface area (Å²) in [7, 11) is 3.28. The van der Waals surface area contributed by atoms with Crippen molar-refractivity contribution in [2.45, 2.75) is 25.3 Å². The van der Waals surface area contributed by atoms with Gasteiger partial charge in [-0.1, -0.05) is 24.6 Å². The summed E-state index contributed by atoms with van der Waals surface area (Å²) in [5.41, 5.74) is 1.89. The van der Waals surface area contributed by atoms with Gasteiger partial charge in [0.25, 0.3) is 0 Å². The highest BCUT2D eigenvalue weighted by atomic mass is 16.5. The van der Waals surface area contributed by atoms with Gasteiger partial charge in [0.15, 0.2) is 0 Å². The summed E-state index contributed by atoms with van der Waals surface area (Å²) in [6.07, 6.45) is 3.67. The highest BCUT2D eigenvalue weighted by Crippen LogP contribution is 2.26. The zero-order valence-corrected chi connectivity index (χ0v) is 16.6. The third kappa shape index (κ3) is 5.39. The molecule has 0 aliphatic carbocycles. The summed E-state index contributed by atoms with van der Waals surface area (Å²) in [4.78, 5) is 14.9. The molecule has 28 heavy (non-hydrogen) atoms. The molecular weight excluding hydrogens is 354 g/mol. The molecule has 2 aromatic carbocycles. The van der Waals surface area contributed by atoms with Crippen LogP contribution in [0.3, 0.4) is 0 Å². The number of ether oxygens (including phenoxy) is 2. The summed E-state index contributed by atoms with van der Waals surface area (Å²) >= 11 is 0. The lowest BCUT2D eigenvalue weighted by Gasteiger charge is -2.35. The number of hydrogen-bond donors (Lipinski definition) is 2. The van der Waals surface area contributed by atoms with E-state index in [0.29, 0.717) is 18.0 Å². The van der Waals surface area contributed by atoms with Crippen LogP contribution >= 0.6 is 0 Å². The standard InChI is InChI=1S/C22H29N3O3/c1-27-19-11-9-17(10-12-19)21(25-13-4-3-5-14-25)16-23-22(26)24-18-7-6-8-20(15-18)28-2/h6-12,15,21H,3-5,13-14,16H2,1-2H3,(H2,23,24,26). The Labute approximate surface area is 166 Å². The van der Waals surface area contributed by atoms with Crippen molar-refractivity contribution >= 4 is 11.7 Å². The number of nitrogens with zero attached hydrogens (tertiary/aromatic N) is 1. The van der Waals surface area contributed by atoms with Crippen molar-refractivity contribution < 1.29 is 14.3 Å². The molecule has 1 aliphatic rings. The number of rotatable bonds is 7. The van der Waals surface area contributed by atoms with Crippen molar-refractivity contribution in [2.75, 3.05) is 39.2 Å². The van der Waals surface area contributed by atoms with E-state index in [9.17, 15) is 4.79 Å². The van der Waals surface area contributed by atoms with Crippen LogP contribution in [0.1, 0.15) is 30.9 Å². The Morgan fingerprint density at radius 1 is 1.00 bits per heavy atom. The second-order valence-corrected chi connectivity index (χ2v) is 6.95. The second-order valence-electron chi connectivity index (χ2n) is 6.95. The van der Waals surface area contributed by atoms with Gasteiger partial charge in [0.1, 0.15) is 11.5 Å². The summed E-state index contributed by atoms with van der Waals surface area (Å²) in [5, 5.41) is 5.91. The van der Waals surface area contributed by atoms with Crippen molar-refractivity contribution in [1.29, 1.82) is 0 Å². The first-order valence-electron chi connectivity index (χ1n) is 9.76. The lowest BCUT2D eigenvalue weighted by atomic mass is 10.0. The Hall–Kier alpha value is -2.73. The fourth-order valence-electron chi connectivity index (χ4n) is 3.58. The van der Waals surface area contributed by atoms with Gasteiger partial charge < -0.3 is 20.1 Å². The first kappa shape index (κ1) is 20.0. The summed E-state index contributed by atoms with van der Waals surface area (Å²) in [6.45, 7) is 2.65. The van der Waals surface area contributed by atoms with Gasteiger partial charge in [-0.05, 0) is 55.8 Å². The maximum absolute atomic E-state index is 12.4. The van der Waals surface area contributed by atoms with Crippen molar-refractivity contribution in [3.05, 3.63) is 54.1 Å². The number of urea groups is 1. The van der Waals surface area contributed by atoms with E-state index in [0.717, 1.165) is 18.8 Å². The van der Waals surface area contributed by atoms with Crippen LogP contribution in [0.5, 0.6) is 11.5 Å². The minimum atomic E-state index is -0.219. The zero-order chi connectivity index (χ0) is 19.8. The van der Waals surface area contributed by atoms with Gasteiger partial charge >= 0.3 is 6.03 Å². The molecule has 1 fully saturated rings. The first-order valence-corrected chi connectivity index (χ1v) is 9.76. The molecule has 1 atom stereocenters. The zero-order valence-electron chi connectivity index (χ0n) is 16.6. The molecule has 1 saturated heterocycles. The van der Waals surface area contributed by atoms with Crippen LogP contribution in [-0.4, -0.2) is 44.8 Å². The van der Waals surface area contributed by atoms with Crippen molar-refractivity contribution in [3.63, 3.8) is 0 Å². The lowest BCUT2D eigenvalue weighted by molar-refractivity contribution is 0.161. The van der Waals surface area contributed by atoms with E-state index in [1.165, 1.54) is 24.8 Å². The number of hydrogen-bond acceptors (Lipinski definition) is 4. The maximum atomic E-state index is 12.4. The van der Waals surface area contributed by atoms with E-state index >= 15 is 0 Å². The SMILES string of the molecule is COc1ccc(C(CNC(=O)Nc2cccc(OC)c2)N2CCCCC2)cc1. The van der Waals surface area contributed by atoms with Crippen LogP contribution < -0.4 is 20.1 Å². The number of nitrogens with one attached hydrogen (secondary N) is 2.